The Morgan fingerprint density at radius 1 is 1.33 bits per heavy atom. The number of hydrogen-bond donors (Lipinski definition) is 1. The average Bonchev–Trinajstić information content (AvgIpc) is 2.40. The van der Waals surface area contributed by atoms with E-state index in [1.54, 1.807) is 7.11 Å². The predicted octanol–water partition coefficient (Wildman–Crippen LogP) is 2.30. The zero-order valence-corrected chi connectivity index (χ0v) is 11.6. The maximum Gasteiger partial charge on any atom is 0.118 e. The molecule has 0 aromatic heterocycles. The Balaban J connectivity index is 2.11. The van der Waals surface area contributed by atoms with Crippen molar-refractivity contribution in [2.45, 2.75) is 18.9 Å². The van der Waals surface area contributed by atoms with Gasteiger partial charge in [-0.3, -0.25) is 0 Å². The molecule has 0 radical (unpaired) electrons. The summed E-state index contributed by atoms with van der Waals surface area (Å²) in [5.74, 6) is 1.62. The van der Waals surface area contributed by atoms with Crippen molar-refractivity contribution in [3.8, 4) is 5.75 Å². The van der Waals surface area contributed by atoms with Crippen LogP contribution in [0.25, 0.3) is 0 Å². The van der Waals surface area contributed by atoms with E-state index in [4.69, 9.17) is 4.74 Å². The first kappa shape index (κ1) is 13.4. The van der Waals surface area contributed by atoms with E-state index in [0.717, 1.165) is 5.75 Å². The van der Waals surface area contributed by atoms with Gasteiger partial charge in [-0.05, 0) is 57.1 Å². The molecule has 1 saturated heterocycles. The van der Waals surface area contributed by atoms with E-state index in [9.17, 15) is 0 Å². The molecule has 3 heteroatoms. The molecule has 1 fully saturated rings. The van der Waals surface area contributed by atoms with Gasteiger partial charge in [-0.15, -0.1) is 0 Å². The Morgan fingerprint density at radius 2 is 2.06 bits per heavy atom. The normalized spacial score (nSPS) is 22.7. The number of ether oxygens (including phenoxy) is 1. The number of benzene rings is 1. The molecule has 3 nitrogen and oxygen atoms in total. The monoisotopic (exact) mass is 248 g/mol. The third-order valence-corrected chi connectivity index (χ3v) is 3.92. The predicted molar refractivity (Wildman–Crippen MR) is 75.0 cm³/mol. The van der Waals surface area contributed by atoms with Crippen LogP contribution in [-0.2, 0) is 0 Å². The molecule has 2 unspecified atom stereocenters. The summed E-state index contributed by atoms with van der Waals surface area (Å²) in [6, 6.07) is 8.89. The molecule has 0 bridgehead atoms. The van der Waals surface area contributed by atoms with Crippen LogP contribution in [0.5, 0.6) is 5.75 Å². The second-order valence-electron chi connectivity index (χ2n) is 5.20. The molecule has 1 N–H and O–H groups in total. The van der Waals surface area contributed by atoms with Crippen molar-refractivity contribution in [2.24, 2.45) is 5.92 Å². The molecular formula is C15H24N2O. The maximum atomic E-state index is 5.22. The van der Waals surface area contributed by atoms with E-state index in [1.165, 1.54) is 31.5 Å². The van der Waals surface area contributed by atoms with E-state index in [1.807, 2.05) is 12.1 Å². The van der Waals surface area contributed by atoms with Crippen LogP contribution in [-0.4, -0.2) is 39.2 Å². The topological polar surface area (TPSA) is 24.5 Å². The SMILES string of the molecule is CNC(c1ccc(OC)cc1)C1CCCN(C)C1. The van der Waals surface area contributed by atoms with E-state index in [0.29, 0.717) is 12.0 Å². The molecule has 2 atom stereocenters. The summed E-state index contributed by atoms with van der Waals surface area (Å²) in [5, 5.41) is 3.48. The first-order valence-electron chi connectivity index (χ1n) is 6.74. The van der Waals surface area contributed by atoms with Crippen LogP contribution in [0.15, 0.2) is 24.3 Å². The van der Waals surface area contributed by atoms with Crippen LogP contribution in [0.4, 0.5) is 0 Å². The molecule has 1 aliphatic rings. The first-order valence-corrected chi connectivity index (χ1v) is 6.74. The second-order valence-corrected chi connectivity index (χ2v) is 5.20. The van der Waals surface area contributed by atoms with E-state index < -0.39 is 0 Å². The van der Waals surface area contributed by atoms with Gasteiger partial charge in [0.2, 0.25) is 0 Å². The molecule has 18 heavy (non-hydrogen) atoms. The summed E-state index contributed by atoms with van der Waals surface area (Å²) in [4.78, 5) is 2.43. The van der Waals surface area contributed by atoms with Gasteiger partial charge < -0.3 is 15.0 Å². The summed E-state index contributed by atoms with van der Waals surface area (Å²) in [6.07, 6.45) is 2.61. The average molecular weight is 248 g/mol. The van der Waals surface area contributed by atoms with Crippen molar-refractivity contribution in [1.82, 2.24) is 10.2 Å². The lowest BCUT2D eigenvalue weighted by molar-refractivity contribution is 0.177. The zero-order chi connectivity index (χ0) is 13.0. The largest absolute Gasteiger partial charge is 0.497 e. The molecular weight excluding hydrogens is 224 g/mol. The van der Waals surface area contributed by atoms with Crippen molar-refractivity contribution in [3.63, 3.8) is 0 Å². The number of piperidine rings is 1. The molecule has 0 spiro atoms. The van der Waals surface area contributed by atoms with Gasteiger partial charge in [-0.1, -0.05) is 12.1 Å². The van der Waals surface area contributed by atoms with Crippen molar-refractivity contribution >= 4 is 0 Å². The van der Waals surface area contributed by atoms with Crippen LogP contribution in [0.1, 0.15) is 24.4 Å². The molecule has 1 aromatic carbocycles. The van der Waals surface area contributed by atoms with Crippen molar-refractivity contribution in [3.05, 3.63) is 29.8 Å². The third-order valence-electron chi connectivity index (χ3n) is 3.92. The van der Waals surface area contributed by atoms with Crippen LogP contribution in [0.3, 0.4) is 0 Å². The standard InChI is InChI=1S/C15H24N2O/c1-16-15(13-5-4-10-17(2)11-13)12-6-8-14(18-3)9-7-12/h6-9,13,15-16H,4-5,10-11H2,1-3H3. The number of nitrogens with zero attached hydrogens (tertiary/aromatic N) is 1. The lowest BCUT2D eigenvalue weighted by Gasteiger charge is -2.35. The summed E-state index contributed by atoms with van der Waals surface area (Å²) < 4.78 is 5.22. The van der Waals surface area contributed by atoms with Crippen molar-refractivity contribution < 1.29 is 4.74 Å². The fourth-order valence-electron chi connectivity index (χ4n) is 2.96. The first-order chi connectivity index (χ1) is 8.74. The Labute approximate surface area is 110 Å². The Hall–Kier alpha value is -1.06. The van der Waals surface area contributed by atoms with Gasteiger partial charge >= 0.3 is 0 Å². The molecule has 0 amide bonds. The van der Waals surface area contributed by atoms with Gasteiger partial charge in [-0.2, -0.15) is 0 Å². The Morgan fingerprint density at radius 3 is 2.61 bits per heavy atom. The van der Waals surface area contributed by atoms with Crippen LogP contribution in [0.2, 0.25) is 0 Å². The molecule has 1 aliphatic heterocycles. The van der Waals surface area contributed by atoms with Gasteiger partial charge in [0, 0.05) is 12.6 Å². The van der Waals surface area contributed by atoms with Crippen molar-refractivity contribution in [2.75, 3.05) is 34.3 Å². The lowest BCUT2D eigenvalue weighted by atomic mass is 9.86. The van der Waals surface area contributed by atoms with Crippen LogP contribution in [0, 0.1) is 5.92 Å². The highest BCUT2D eigenvalue weighted by atomic mass is 16.5. The third kappa shape index (κ3) is 3.03. The highest BCUT2D eigenvalue weighted by Crippen LogP contribution is 2.29. The lowest BCUT2D eigenvalue weighted by Crippen LogP contribution is -2.38. The minimum Gasteiger partial charge on any atom is -0.497 e. The van der Waals surface area contributed by atoms with Gasteiger partial charge in [0.05, 0.1) is 7.11 Å². The second kappa shape index (κ2) is 6.21. The minimum absolute atomic E-state index is 0.443. The Bertz CT molecular complexity index is 363. The molecule has 1 heterocycles. The van der Waals surface area contributed by atoms with Crippen LogP contribution < -0.4 is 10.1 Å². The quantitative estimate of drug-likeness (QED) is 0.885. The van der Waals surface area contributed by atoms with Gasteiger partial charge in [-0.25, -0.2) is 0 Å². The number of hydrogen-bond acceptors (Lipinski definition) is 3. The fraction of sp³-hybridized carbons (Fsp3) is 0.600. The van der Waals surface area contributed by atoms with Gasteiger partial charge in [0.1, 0.15) is 5.75 Å². The molecule has 100 valence electrons. The molecule has 2 rings (SSSR count). The summed E-state index contributed by atoms with van der Waals surface area (Å²) >= 11 is 0. The summed E-state index contributed by atoms with van der Waals surface area (Å²) in [5.41, 5.74) is 1.36. The van der Waals surface area contributed by atoms with Crippen molar-refractivity contribution in [1.29, 1.82) is 0 Å². The Kier molecular flexibility index (Phi) is 4.61. The maximum absolute atomic E-state index is 5.22. The highest BCUT2D eigenvalue weighted by molar-refractivity contribution is 5.29. The fourth-order valence-corrected chi connectivity index (χ4v) is 2.96. The minimum atomic E-state index is 0.443. The van der Waals surface area contributed by atoms with Gasteiger partial charge in [0.15, 0.2) is 0 Å². The highest BCUT2D eigenvalue weighted by Gasteiger charge is 2.25. The van der Waals surface area contributed by atoms with E-state index in [2.05, 4.69) is 36.4 Å². The smallest absolute Gasteiger partial charge is 0.118 e. The number of methoxy groups -OCH3 is 1. The summed E-state index contributed by atoms with van der Waals surface area (Å²) in [6.45, 7) is 2.41. The molecule has 0 saturated carbocycles. The molecule has 1 aromatic rings. The van der Waals surface area contributed by atoms with Gasteiger partial charge in [0.25, 0.3) is 0 Å². The number of likely N-dealkylation sites (tertiary alicyclic amines) is 1. The molecule has 0 aliphatic carbocycles. The summed E-state index contributed by atoms with van der Waals surface area (Å²) in [7, 11) is 5.98. The number of rotatable bonds is 4. The van der Waals surface area contributed by atoms with E-state index in [-0.39, 0.29) is 0 Å². The zero-order valence-electron chi connectivity index (χ0n) is 11.6. The number of nitrogens with one attached hydrogen (secondary N) is 1. The van der Waals surface area contributed by atoms with Crippen LogP contribution >= 0.6 is 0 Å². The van der Waals surface area contributed by atoms with E-state index >= 15 is 0 Å².